The van der Waals surface area contributed by atoms with Crippen molar-refractivity contribution in [2.75, 3.05) is 7.11 Å². The molecule has 0 saturated carbocycles. The van der Waals surface area contributed by atoms with Crippen LogP contribution < -0.4 is 0 Å². The lowest BCUT2D eigenvalue weighted by atomic mass is 10.1. The molecule has 2 aliphatic rings. The van der Waals surface area contributed by atoms with Gasteiger partial charge in [-0.25, -0.2) is 0 Å². The first kappa shape index (κ1) is 7.18. The number of rotatable bonds is 1. The second-order valence-electron chi connectivity index (χ2n) is 2.34. The van der Waals surface area contributed by atoms with Crippen LogP contribution in [0.5, 0.6) is 0 Å². The van der Waals surface area contributed by atoms with Crippen LogP contribution in [0.15, 0.2) is 24.3 Å². The molecule has 0 spiro atoms. The maximum absolute atomic E-state index is 5.37. The Morgan fingerprint density at radius 1 is 1.40 bits per heavy atom. The number of halogens is 1. The summed E-state index contributed by atoms with van der Waals surface area (Å²) in [4.78, 5) is -0.0394. The lowest BCUT2D eigenvalue weighted by molar-refractivity contribution is 0.141. The minimum Gasteiger partial charge on any atom is -0.361 e. The van der Waals surface area contributed by atoms with Crippen LogP contribution >= 0.6 is 34.4 Å². The fourth-order valence-electron chi connectivity index (χ4n) is 1.10. The van der Waals surface area contributed by atoms with Gasteiger partial charge in [0.05, 0.1) is 0 Å². The summed E-state index contributed by atoms with van der Waals surface area (Å²) >= 11 is 4.26. The molecule has 0 radical (unpaired) electrons. The van der Waals surface area contributed by atoms with Crippen LogP contribution in [-0.2, 0) is 4.74 Å². The molecule has 1 aliphatic carbocycles. The molecule has 1 fully saturated rings. The minimum atomic E-state index is -0.0394. The smallest absolute Gasteiger partial charge is 0.161 e. The molecule has 0 N–H and O–H groups in total. The highest BCUT2D eigenvalue weighted by atomic mass is 127. The van der Waals surface area contributed by atoms with E-state index in [0.717, 1.165) is 0 Å². The number of methoxy groups -OCH3 is 1. The predicted molar refractivity (Wildman–Crippen MR) is 52.4 cm³/mol. The van der Waals surface area contributed by atoms with E-state index in [0.29, 0.717) is 0 Å². The Bertz CT molecular complexity index is 226. The van der Waals surface area contributed by atoms with Gasteiger partial charge in [-0.3, -0.25) is 0 Å². The Hall–Kier alpha value is 0.520. The lowest BCUT2D eigenvalue weighted by Gasteiger charge is -2.12. The van der Waals surface area contributed by atoms with Gasteiger partial charge in [-0.1, -0.05) is 52.6 Å². The van der Waals surface area contributed by atoms with Gasteiger partial charge in [0.2, 0.25) is 0 Å². The third kappa shape index (κ3) is 0.740. The Labute approximate surface area is 78.0 Å². The van der Waals surface area contributed by atoms with Crippen LogP contribution in [-0.4, -0.2) is 14.8 Å². The summed E-state index contributed by atoms with van der Waals surface area (Å²) in [7, 11) is 1.76. The Balaban J connectivity index is 2.32. The van der Waals surface area contributed by atoms with Gasteiger partial charge in [0.25, 0.3) is 0 Å². The summed E-state index contributed by atoms with van der Waals surface area (Å²) < 4.78 is 5.56. The average molecular weight is 266 g/mol. The topological polar surface area (TPSA) is 9.23 Å². The molecule has 0 aromatic carbocycles. The summed E-state index contributed by atoms with van der Waals surface area (Å²) in [6.07, 6.45) is 8.41. The maximum atomic E-state index is 5.37. The molecule has 0 aromatic heterocycles. The second kappa shape index (κ2) is 2.01. The highest BCUT2D eigenvalue weighted by molar-refractivity contribution is 14.1. The zero-order chi connectivity index (χ0) is 7.24. The van der Waals surface area contributed by atoms with Crippen molar-refractivity contribution < 1.29 is 4.74 Å². The van der Waals surface area contributed by atoms with E-state index in [2.05, 4.69) is 40.8 Å². The first-order valence-corrected chi connectivity index (χ1v) is 4.93. The molecule has 10 heavy (non-hydrogen) atoms. The summed E-state index contributed by atoms with van der Waals surface area (Å²) in [6.45, 7) is 0. The molecule has 1 nitrogen and oxygen atoms in total. The molecule has 3 heteroatoms. The molecule has 1 aliphatic heterocycles. The molecular formula is C7H7IOS. The molecule has 2 atom stereocenters. The number of hydrogen-bond donors (Lipinski definition) is 0. The fraction of sp³-hybridized carbons (Fsp3) is 0.429. The first-order chi connectivity index (χ1) is 4.72. The molecule has 1 saturated heterocycles. The molecule has 2 unspecified atom stereocenters. The van der Waals surface area contributed by atoms with Gasteiger partial charge in [0.1, 0.15) is 2.75 Å². The summed E-state index contributed by atoms with van der Waals surface area (Å²) in [5, 5.41) is 0. The molecule has 1 heterocycles. The van der Waals surface area contributed by atoms with Crippen LogP contribution in [0.2, 0.25) is 0 Å². The Kier molecular flexibility index (Phi) is 1.45. The zero-order valence-corrected chi connectivity index (χ0v) is 8.48. The molecular weight excluding hydrogens is 259 g/mol. The van der Waals surface area contributed by atoms with E-state index in [4.69, 9.17) is 4.74 Å². The van der Waals surface area contributed by atoms with Crippen molar-refractivity contribution in [2.45, 2.75) is 7.69 Å². The summed E-state index contributed by atoms with van der Waals surface area (Å²) in [6, 6.07) is 0. The number of allylic oxidation sites excluding steroid dienone is 2. The van der Waals surface area contributed by atoms with E-state index < -0.39 is 0 Å². The SMILES string of the molecule is COC12C=CC=CC1(I)S2. The van der Waals surface area contributed by atoms with Crippen molar-refractivity contribution in [3.05, 3.63) is 24.3 Å². The molecule has 0 bridgehead atoms. The van der Waals surface area contributed by atoms with Crippen molar-refractivity contribution in [2.24, 2.45) is 0 Å². The summed E-state index contributed by atoms with van der Waals surface area (Å²) in [5.74, 6) is 0. The molecule has 54 valence electrons. The molecule has 2 rings (SSSR count). The first-order valence-electron chi connectivity index (χ1n) is 3.04. The van der Waals surface area contributed by atoms with Gasteiger partial charge < -0.3 is 4.74 Å². The van der Waals surface area contributed by atoms with Crippen molar-refractivity contribution in [3.8, 4) is 0 Å². The van der Waals surface area contributed by atoms with Crippen LogP contribution in [0.1, 0.15) is 0 Å². The van der Waals surface area contributed by atoms with Gasteiger partial charge in [0.15, 0.2) is 4.93 Å². The Morgan fingerprint density at radius 2 is 2.10 bits per heavy atom. The van der Waals surface area contributed by atoms with Crippen LogP contribution in [0.25, 0.3) is 0 Å². The van der Waals surface area contributed by atoms with Crippen molar-refractivity contribution in [3.63, 3.8) is 0 Å². The molecule has 0 aromatic rings. The minimum absolute atomic E-state index is 0.0394. The largest absolute Gasteiger partial charge is 0.361 e. The van der Waals surface area contributed by atoms with Crippen LogP contribution in [0.4, 0.5) is 0 Å². The van der Waals surface area contributed by atoms with Gasteiger partial charge in [0, 0.05) is 7.11 Å². The van der Waals surface area contributed by atoms with Crippen molar-refractivity contribution >= 4 is 34.4 Å². The molecule has 0 amide bonds. The monoisotopic (exact) mass is 266 g/mol. The average Bonchev–Trinajstić information content (AvgIpc) is 2.56. The summed E-state index contributed by atoms with van der Waals surface area (Å²) in [5.41, 5.74) is 0. The number of hydrogen-bond acceptors (Lipinski definition) is 2. The van der Waals surface area contributed by atoms with Crippen LogP contribution in [0, 0.1) is 0 Å². The Morgan fingerprint density at radius 3 is 2.60 bits per heavy atom. The normalized spacial score (nSPS) is 49.0. The van der Waals surface area contributed by atoms with Gasteiger partial charge in [-0.05, 0) is 6.08 Å². The van der Waals surface area contributed by atoms with Crippen LogP contribution in [0.3, 0.4) is 0 Å². The highest BCUT2D eigenvalue weighted by Gasteiger charge is 2.66. The van der Waals surface area contributed by atoms with E-state index in [9.17, 15) is 0 Å². The predicted octanol–water partition coefficient (Wildman–Crippen LogP) is 2.33. The standard InChI is InChI=1S/C7H7IOS/c1-9-7-5-3-2-4-6(7,8)10-7/h2-5H,1H3. The van der Waals surface area contributed by atoms with Gasteiger partial charge >= 0.3 is 0 Å². The maximum Gasteiger partial charge on any atom is 0.161 e. The lowest BCUT2D eigenvalue weighted by Crippen LogP contribution is -2.19. The van der Waals surface area contributed by atoms with Gasteiger partial charge in [-0.2, -0.15) is 0 Å². The fourth-order valence-corrected chi connectivity index (χ4v) is 3.68. The second-order valence-corrected chi connectivity index (χ2v) is 6.23. The zero-order valence-electron chi connectivity index (χ0n) is 5.50. The van der Waals surface area contributed by atoms with Crippen molar-refractivity contribution in [1.82, 2.24) is 0 Å². The van der Waals surface area contributed by atoms with Gasteiger partial charge in [-0.15, -0.1) is 0 Å². The van der Waals surface area contributed by atoms with Crippen molar-refractivity contribution in [1.29, 1.82) is 0 Å². The number of ether oxygens (including phenoxy) is 1. The number of thioether (sulfide) groups is 1. The third-order valence-electron chi connectivity index (χ3n) is 1.77. The quantitative estimate of drug-likeness (QED) is 0.409. The number of alkyl halides is 1. The third-order valence-corrected chi connectivity index (χ3v) is 5.42. The highest BCUT2D eigenvalue weighted by Crippen LogP contribution is 2.71. The van der Waals surface area contributed by atoms with E-state index in [-0.39, 0.29) is 7.69 Å². The van der Waals surface area contributed by atoms with E-state index in [1.165, 1.54) is 0 Å². The number of fused-ring (bicyclic) bond motifs is 1. The van der Waals surface area contributed by atoms with E-state index >= 15 is 0 Å². The van der Waals surface area contributed by atoms with E-state index in [1.54, 1.807) is 7.11 Å². The van der Waals surface area contributed by atoms with E-state index in [1.807, 2.05) is 17.8 Å².